The highest BCUT2D eigenvalue weighted by Gasteiger charge is 2.11. The summed E-state index contributed by atoms with van der Waals surface area (Å²) in [6.45, 7) is 4.81. The van der Waals surface area contributed by atoms with Crippen LogP contribution in [0.4, 0.5) is 5.82 Å². The van der Waals surface area contributed by atoms with Crippen molar-refractivity contribution in [1.29, 1.82) is 0 Å². The topological polar surface area (TPSA) is 55.1 Å². The quantitative estimate of drug-likeness (QED) is 0.753. The van der Waals surface area contributed by atoms with Crippen molar-refractivity contribution in [3.8, 4) is 0 Å². The van der Waals surface area contributed by atoms with Crippen LogP contribution >= 0.6 is 11.6 Å². The number of halogens is 1. The molecule has 108 valence electrons. The summed E-state index contributed by atoms with van der Waals surface area (Å²) in [4.78, 5) is 8.26. The second-order valence-electron chi connectivity index (χ2n) is 5.01. The molecule has 2 aromatic heterocycles. The number of benzene rings is 1. The Morgan fingerprint density at radius 3 is 2.95 bits per heavy atom. The molecular weight excluding hydrogens is 286 g/mol. The lowest BCUT2D eigenvalue weighted by molar-refractivity contribution is 0.903. The monoisotopic (exact) mass is 301 g/mol. The largest absolute Gasteiger partial charge is 0.369 e. The molecule has 0 fully saturated rings. The van der Waals surface area contributed by atoms with Crippen molar-refractivity contribution >= 4 is 23.2 Å². The zero-order valence-corrected chi connectivity index (χ0v) is 12.7. The highest BCUT2D eigenvalue weighted by atomic mass is 35.5. The maximum atomic E-state index is 6.13. The Bertz CT molecular complexity index is 781. The molecule has 0 saturated heterocycles. The first-order chi connectivity index (χ1) is 10.1. The summed E-state index contributed by atoms with van der Waals surface area (Å²) in [7, 11) is 0. The average molecular weight is 302 g/mol. The summed E-state index contributed by atoms with van der Waals surface area (Å²) in [6.07, 6.45) is 2.40. The molecule has 1 aromatic carbocycles. The molecule has 1 N–H and O–H groups in total. The molecule has 3 aromatic rings. The summed E-state index contributed by atoms with van der Waals surface area (Å²) >= 11 is 6.13. The summed E-state index contributed by atoms with van der Waals surface area (Å²) < 4.78 is 1.68. The van der Waals surface area contributed by atoms with Gasteiger partial charge in [0.15, 0.2) is 0 Å². The number of fused-ring (bicyclic) bond motifs is 1. The zero-order chi connectivity index (χ0) is 14.8. The number of aryl methyl sites for hydroxylation is 1. The summed E-state index contributed by atoms with van der Waals surface area (Å²) in [5.41, 5.74) is 3.45. The van der Waals surface area contributed by atoms with E-state index in [0.29, 0.717) is 10.9 Å². The fourth-order valence-corrected chi connectivity index (χ4v) is 2.46. The number of nitrogens with zero attached hydrogens (tertiary/aromatic N) is 4. The van der Waals surface area contributed by atoms with Gasteiger partial charge in [-0.15, -0.1) is 0 Å². The van der Waals surface area contributed by atoms with Gasteiger partial charge in [-0.1, -0.05) is 41.4 Å². The number of nitrogens with one attached hydrogen (secondary N) is 1. The number of aromatic nitrogens is 4. The van der Waals surface area contributed by atoms with E-state index in [1.165, 1.54) is 17.5 Å². The fraction of sp³-hybridized carbons (Fsp3) is 0.267. The molecule has 6 heteroatoms. The average Bonchev–Trinajstić information content (AvgIpc) is 2.91. The number of hydrogen-bond acceptors (Lipinski definition) is 4. The number of rotatable bonds is 4. The Balaban J connectivity index is 1.79. The van der Waals surface area contributed by atoms with Crippen LogP contribution in [0.15, 0.2) is 30.6 Å². The predicted octanol–water partition coefficient (Wildman–Crippen LogP) is 3.05. The minimum atomic E-state index is 0.452. The van der Waals surface area contributed by atoms with Crippen molar-refractivity contribution in [3.63, 3.8) is 0 Å². The van der Waals surface area contributed by atoms with Gasteiger partial charge < -0.3 is 5.32 Å². The van der Waals surface area contributed by atoms with E-state index < -0.39 is 0 Å². The molecular formula is C15H16ClN5. The molecule has 0 spiro atoms. The molecule has 0 atom stereocenters. The minimum absolute atomic E-state index is 0.452. The van der Waals surface area contributed by atoms with Gasteiger partial charge in [0.05, 0.1) is 0 Å². The van der Waals surface area contributed by atoms with E-state index in [9.17, 15) is 0 Å². The van der Waals surface area contributed by atoms with Crippen LogP contribution in [0.25, 0.3) is 5.78 Å². The maximum absolute atomic E-state index is 6.13. The van der Waals surface area contributed by atoms with E-state index in [1.807, 2.05) is 6.92 Å². The normalized spacial score (nSPS) is 11.0. The lowest BCUT2D eigenvalue weighted by Gasteiger charge is -2.11. The van der Waals surface area contributed by atoms with Crippen LogP contribution in [0.3, 0.4) is 0 Å². The summed E-state index contributed by atoms with van der Waals surface area (Å²) in [6, 6.07) is 8.50. The Morgan fingerprint density at radius 1 is 1.29 bits per heavy atom. The van der Waals surface area contributed by atoms with Crippen molar-refractivity contribution in [2.45, 2.75) is 20.3 Å². The highest BCUT2D eigenvalue weighted by Crippen LogP contribution is 2.21. The van der Waals surface area contributed by atoms with Crippen molar-refractivity contribution in [3.05, 3.63) is 52.4 Å². The van der Waals surface area contributed by atoms with Gasteiger partial charge >= 0.3 is 0 Å². The van der Waals surface area contributed by atoms with Gasteiger partial charge in [0.1, 0.15) is 17.3 Å². The van der Waals surface area contributed by atoms with Crippen LogP contribution in [0.5, 0.6) is 0 Å². The molecule has 21 heavy (non-hydrogen) atoms. The minimum Gasteiger partial charge on any atom is -0.369 e. The Labute approximate surface area is 128 Å². The van der Waals surface area contributed by atoms with Crippen molar-refractivity contribution in [2.75, 3.05) is 11.9 Å². The molecule has 0 aliphatic carbocycles. The first-order valence-electron chi connectivity index (χ1n) is 6.80. The van der Waals surface area contributed by atoms with Crippen LogP contribution in [0.2, 0.25) is 5.15 Å². The SMILES string of the molecule is Cc1cccc(CCNc2c(C)c(Cl)nc3ncnn23)c1. The van der Waals surface area contributed by atoms with E-state index in [4.69, 9.17) is 11.6 Å². The molecule has 0 radical (unpaired) electrons. The van der Waals surface area contributed by atoms with Crippen LogP contribution in [-0.4, -0.2) is 26.1 Å². The van der Waals surface area contributed by atoms with Gasteiger partial charge in [-0.25, -0.2) is 0 Å². The Hall–Kier alpha value is -2.14. The molecule has 0 bridgehead atoms. The third-order valence-electron chi connectivity index (χ3n) is 3.39. The molecule has 0 aliphatic rings. The van der Waals surface area contributed by atoms with Gasteiger partial charge in [-0.05, 0) is 25.8 Å². The molecule has 0 aliphatic heterocycles. The molecule has 0 saturated carbocycles. The second-order valence-corrected chi connectivity index (χ2v) is 5.37. The van der Waals surface area contributed by atoms with Crippen LogP contribution in [0.1, 0.15) is 16.7 Å². The molecule has 3 rings (SSSR count). The lowest BCUT2D eigenvalue weighted by atomic mass is 10.1. The number of hydrogen-bond donors (Lipinski definition) is 1. The summed E-state index contributed by atoms with van der Waals surface area (Å²) in [5, 5.41) is 8.02. The van der Waals surface area contributed by atoms with Crippen molar-refractivity contribution in [2.24, 2.45) is 0 Å². The highest BCUT2D eigenvalue weighted by molar-refractivity contribution is 6.30. The summed E-state index contributed by atoms with van der Waals surface area (Å²) in [5.74, 6) is 1.35. The van der Waals surface area contributed by atoms with E-state index in [2.05, 4.69) is 51.6 Å². The molecule has 5 nitrogen and oxygen atoms in total. The van der Waals surface area contributed by atoms with Gasteiger partial charge in [0.2, 0.25) is 0 Å². The van der Waals surface area contributed by atoms with Crippen LogP contribution < -0.4 is 5.32 Å². The smallest absolute Gasteiger partial charge is 0.255 e. The van der Waals surface area contributed by atoms with Gasteiger partial charge in [-0.2, -0.15) is 19.6 Å². The predicted molar refractivity (Wildman–Crippen MR) is 83.9 cm³/mol. The van der Waals surface area contributed by atoms with Crippen LogP contribution in [0, 0.1) is 13.8 Å². The van der Waals surface area contributed by atoms with Gasteiger partial charge in [-0.3, -0.25) is 0 Å². The van der Waals surface area contributed by atoms with E-state index >= 15 is 0 Å². The van der Waals surface area contributed by atoms with Gasteiger partial charge in [0, 0.05) is 12.1 Å². The van der Waals surface area contributed by atoms with E-state index in [1.54, 1.807) is 4.52 Å². The molecule has 2 heterocycles. The lowest BCUT2D eigenvalue weighted by Crippen LogP contribution is -2.11. The first kappa shape index (κ1) is 13.8. The van der Waals surface area contributed by atoms with Crippen molar-refractivity contribution < 1.29 is 0 Å². The molecule has 0 unspecified atom stereocenters. The van der Waals surface area contributed by atoms with E-state index in [0.717, 1.165) is 24.3 Å². The first-order valence-corrected chi connectivity index (χ1v) is 7.18. The third kappa shape index (κ3) is 2.83. The Morgan fingerprint density at radius 2 is 2.14 bits per heavy atom. The van der Waals surface area contributed by atoms with Crippen LogP contribution in [-0.2, 0) is 6.42 Å². The van der Waals surface area contributed by atoms with E-state index in [-0.39, 0.29) is 0 Å². The molecule has 0 amide bonds. The van der Waals surface area contributed by atoms with Gasteiger partial charge in [0.25, 0.3) is 5.78 Å². The standard InChI is InChI=1S/C15H16ClN5/c1-10-4-3-5-12(8-10)6-7-17-14-11(2)13(16)20-15-18-9-19-21(14)15/h3-5,8-9,17H,6-7H2,1-2H3. The zero-order valence-electron chi connectivity index (χ0n) is 12.0. The maximum Gasteiger partial charge on any atom is 0.255 e. The Kier molecular flexibility index (Phi) is 3.75. The fourth-order valence-electron chi connectivity index (χ4n) is 2.30. The third-order valence-corrected chi connectivity index (χ3v) is 3.76. The number of anilines is 1. The van der Waals surface area contributed by atoms with Crippen molar-refractivity contribution in [1.82, 2.24) is 19.6 Å². The second kappa shape index (κ2) is 5.69.